The van der Waals surface area contributed by atoms with Crippen LogP contribution in [0, 0.1) is 6.92 Å². The van der Waals surface area contributed by atoms with E-state index in [4.69, 9.17) is 4.98 Å². The first-order chi connectivity index (χ1) is 14.0. The second kappa shape index (κ2) is 8.52. The summed E-state index contributed by atoms with van der Waals surface area (Å²) in [7, 11) is 0. The van der Waals surface area contributed by atoms with Crippen molar-refractivity contribution in [2.75, 3.05) is 6.54 Å². The summed E-state index contributed by atoms with van der Waals surface area (Å²) in [6.45, 7) is 13.9. The third kappa shape index (κ3) is 3.67. The first kappa shape index (κ1) is 20.0. The zero-order chi connectivity index (χ0) is 21.0. The molecule has 0 unspecified atom stereocenters. The Morgan fingerprint density at radius 3 is 2.83 bits per heavy atom. The topological polar surface area (TPSA) is 80.3 Å². The van der Waals surface area contributed by atoms with Crippen molar-refractivity contribution in [1.82, 2.24) is 24.1 Å². The van der Waals surface area contributed by atoms with E-state index in [1.165, 1.54) is 4.52 Å². The molecule has 0 aliphatic rings. The van der Waals surface area contributed by atoms with Crippen LogP contribution in [0.3, 0.4) is 0 Å². The fourth-order valence-corrected chi connectivity index (χ4v) is 3.06. The minimum atomic E-state index is -0.171. The summed E-state index contributed by atoms with van der Waals surface area (Å²) < 4.78 is 3.25. The van der Waals surface area contributed by atoms with Gasteiger partial charge in [0, 0.05) is 30.1 Å². The Balaban J connectivity index is 2.20. The molecular formula is C22H24N6O. The predicted molar refractivity (Wildman–Crippen MR) is 118 cm³/mol. The normalized spacial score (nSPS) is 12.8. The first-order valence-electron chi connectivity index (χ1n) is 9.33. The number of fused-ring (bicyclic) bond motifs is 1. The van der Waals surface area contributed by atoms with Crippen LogP contribution in [0.1, 0.15) is 30.8 Å². The summed E-state index contributed by atoms with van der Waals surface area (Å²) >= 11 is 0. The number of aliphatic imine (C=N–C) groups is 1. The smallest absolute Gasteiger partial charge is 0.276 e. The van der Waals surface area contributed by atoms with Crippen molar-refractivity contribution in [3.05, 3.63) is 89.6 Å². The second-order valence-electron chi connectivity index (χ2n) is 6.30. The van der Waals surface area contributed by atoms with Crippen molar-refractivity contribution in [1.29, 1.82) is 0 Å². The van der Waals surface area contributed by atoms with Crippen LogP contribution in [0.4, 0.5) is 0 Å². The molecule has 3 heterocycles. The number of hydrogen-bond acceptors (Lipinski definition) is 4. The van der Waals surface area contributed by atoms with Crippen LogP contribution in [-0.4, -0.2) is 36.4 Å². The minimum absolute atomic E-state index is 0.171. The van der Waals surface area contributed by atoms with Gasteiger partial charge in [0.2, 0.25) is 0 Å². The molecule has 0 aliphatic heterocycles. The van der Waals surface area contributed by atoms with Crippen LogP contribution in [0.5, 0.6) is 0 Å². The van der Waals surface area contributed by atoms with E-state index in [2.05, 4.69) is 28.2 Å². The summed E-state index contributed by atoms with van der Waals surface area (Å²) in [5, 5.41) is 2.98. The van der Waals surface area contributed by atoms with E-state index in [1.807, 2.05) is 36.8 Å². The maximum atomic E-state index is 12.9. The molecule has 3 aromatic rings. The highest BCUT2D eigenvalue weighted by molar-refractivity contribution is 6.07. The van der Waals surface area contributed by atoms with Crippen molar-refractivity contribution in [2.24, 2.45) is 4.99 Å². The molecule has 0 atom stereocenters. The SMILES string of the molecule is C=C/C=C(\C=C)c1nc2c(-n3cnc(C(/C=C\C)=NCC)c3)c[nH]n2c(=O)c1C. The van der Waals surface area contributed by atoms with E-state index in [0.717, 1.165) is 17.0 Å². The summed E-state index contributed by atoms with van der Waals surface area (Å²) in [4.78, 5) is 26.5. The highest BCUT2D eigenvalue weighted by Gasteiger charge is 2.16. The lowest BCUT2D eigenvalue weighted by Gasteiger charge is -2.07. The largest absolute Gasteiger partial charge is 0.301 e. The standard InChI is InChI=1S/C22H24N6O/c1-6-10-16(8-3)20-15(5)22(29)28-21(26-20)19(12-25-28)27-13-18(24-14-27)17(11-7-2)23-9-4/h6-8,10-14,25H,1,3,9H2,2,4-5H3/b11-7-,16-10+,23-17?. The maximum absolute atomic E-state index is 12.9. The van der Waals surface area contributed by atoms with Crippen LogP contribution in [0.15, 0.2) is 72.0 Å². The van der Waals surface area contributed by atoms with Gasteiger partial charge >= 0.3 is 0 Å². The molecular weight excluding hydrogens is 364 g/mol. The number of rotatable bonds is 7. The molecule has 0 fully saturated rings. The lowest BCUT2D eigenvalue weighted by molar-refractivity contribution is 0.881. The van der Waals surface area contributed by atoms with Crippen molar-refractivity contribution in [3.8, 4) is 5.69 Å². The van der Waals surface area contributed by atoms with Gasteiger partial charge in [0.05, 0.1) is 11.4 Å². The van der Waals surface area contributed by atoms with Crippen molar-refractivity contribution in [2.45, 2.75) is 20.8 Å². The van der Waals surface area contributed by atoms with Gasteiger partial charge in [-0.3, -0.25) is 14.9 Å². The molecule has 0 saturated carbocycles. The average molecular weight is 388 g/mol. The zero-order valence-electron chi connectivity index (χ0n) is 16.9. The van der Waals surface area contributed by atoms with E-state index in [-0.39, 0.29) is 5.56 Å². The van der Waals surface area contributed by atoms with Gasteiger partial charge in [-0.2, -0.15) is 4.52 Å². The zero-order valence-corrected chi connectivity index (χ0v) is 16.9. The molecule has 1 N–H and O–H groups in total. The number of aromatic amines is 1. The quantitative estimate of drug-likeness (QED) is 0.495. The number of H-pyrrole nitrogens is 1. The number of nitrogens with zero attached hydrogens (tertiary/aromatic N) is 5. The van der Waals surface area contributed by atoms with E-state index in [1.54, 1.807) is 37.7 Å². The lowest BCUT2D eigenvalue weighted by Crippen LogP contribution is -2.20. The van der Waals surface area contributed by atoms with E-state index in [9.17, 15) is 4.79 Å². The number of nitrogens with one attached hydrogen (secondary N) is 1. The average Bonchev–Trinajstić information content (AvgIpc) is 3.36. The van der Waals surface area contributed by atoms with Crippen LogP contribution in [0.2, 0.25) is 0 Å². The summed E-state index contributed by atoms with van der Waals surface area (Å²) in [5.41, 5.74) is 4.43. The molecule has 0 saturated heterocycles. The summed E-state index contributed by atoms with van der Waals surface area (Å²) in [5.74, 6) is 0. The van der Waals surface area contributed by atoms with Crippen molar-refractivity contribution in [3.63, 3.8) is 0 Å². The molecule has 3 aromatic heterocycles. The molecule has 0 aliphatic carbocycles. The van der Waals surface area contributed by atoms with Crippen LogP contribution < -0.4 is 5.56 Å². The Bertz CT molecular complexity index is 1220. The maximum Gasteiger partial charge on any atom is 0.276 e. The molecule has 148 valence electrons. The highest BCUT2D eigenvalue weighted by Crippen LogP contribution is 2.20. The van der Waals surface area contributed by atoms with E-state index >= 15 is 0 Å². The summed E-state index contributed by atoms with van der Waals surface area (Å²) in [6.07, 6.45) is 14.2. The molecule has 0 radical (unpaired) electrons. The van der Waals surface area contributed by atoms with Gasteiger partial charge in [-0.15, -0.1) is 0 Å². The molecule has 0 aromatic carbocycles. The van der Waals surface area contributed by atoms with Gasteiger partial charge in [0.1, 0.15) is 17.7 Å². The van der Waals surface area contributed by atoms with Gasteiger partial charge in [0.15, 0.2) is 5.65 Å². The molecule has 0 amide bonds. The van der Waals surface area contributed by atoms with Crippen LogP contribution in [0.25, 0.3) is 16.9 Å². The number of hydrogen-bond donors (Lipinski definition) is 1. The molecule has 0 spiro atoms. The molecule has 29 heavy (non-hydrogen) atoms. The first-order valence-corrected chi connectivity index (χ1v) is 9.33. The Labute approximate surface area is 169 Å². The molecule has 7 nitrogen and oxygen atoms in total. The van der Waals surface area contributed by atoms with E-state index < -0.39 is 0 Å². The number of allylic oxidation sites excluding steroid dienone is 6. The van der Waals surface area contributed by atoms with Crippen LogP contribution >= 0.6 is 0 Å². The highest BCUT2D eigenvalue weighted by atomic mass is 16.1. The molecule has 3 rings (SSSR count). The third-order valence-corrected chi connectivity index (χ3v) is 4.44. The Hall–Kier alpha value is -3.74. The van der Waals surface area contributed by atoms with Crippen LogP contribution in [-0.2, 0) is 0 Å². The van der Waals surface area contributed by atoms with Crippen molar-refractivity contribution >= 4 is 16.9 Å². The van der Waals surface area contributed by atoms with Crippen molar-refractivity contribution < 1.29 is 0 Å². The molecule has 0 bridgehead atoms. The Kier molecular flexibility index (Phi) is 5.87. The van der Waals surface area contributed by atoms with Gasteiger partial charge in [-0.05, 0) is 26.8 Å². The lowest BCUT2D eigenvalue weighted by atomic mass is 10.1. The summed E-state index contributed by atoms with van der Waals surface area (Å²) in [6, 6.07) is 0. The van der Waals surface area contributed by atoms with E-state index in [0.29, 0.717) is 29.1 Å². The Morgan fingerprint density at radius 2 is 2.17 bits per heavy atom. The fourth-order valence-electron chi connectivity index (χ4n) is 3.06. The van der Waals surface area contributed by atoms with Gasteiger partial charge < -0.3 is 4.57 Å². The Morgan fingerprint density at radius 1 is 1.38 bits per heavy atom. The second-order valence-corrected chi connectivity index (χ2v) is 6.30. The number of imidazole rings is 1. The number of aromatic nitrogens is 5. The van der Waals surface area contributed by atoms with Gasteiger partial charge in [-0.1, -0.05) is 37.5 Å². The van der Waals surface area contributed by atoms with Gasteiger partial charge in [0.25, 0.3) is 5.56 Å². The monoisotopic (exact) mass is 388 g/mol. The molecule has 7 heteroatoms. The third-order valence-electron chi connectivity index (χ3n) is 4.44. The minimum Gasteiger partial charge on any atom is -0.301 e. The van der Waals surface area contributed by atoms with Gasteiger partial charge in [-0.25, -0.2) is 9.97 Å². The fraction of sp³-hybridized carbons (Fsp3) is 0.182. The predicted octanol–water partition coefficient (Wildman–Crippen LogP) is 3.66.